The van der Waals surface area contributed by atoms with Gasteiger partial charge in [-0.05, 0) is 43.3 Å². The van der Waals surface area contributed by atoms with Crippen LogP contribution in [0.3, 0.4) is 0 Å². The highest BCUT2D eigenvalue weighted by molar-refractivity contribution is 6.34. The molecule has 1 saturated heterocycles. The maximum absolute atomic E-state index is 12.6. The van der Waals surface area contributed by atoms with Gasteiger partial charge in [0.25, 0.3) is 11.8 Å². The fourth-order valence-corrected chi connectivity index (χ4v) is 3.21. The minimum absolute atomic E-state index is 0.125. The van der Waals surface area contributed by atoms with Crippen molar-refractivity contribution in [2.75, 3.05) is 38.2 Å². The van der Waals surface area contributed by atoms with Crippen LogP contribution in [0.4, 0.5) is 5.69 Å². The van der Waals surface area contributed by atoms with Crippen LogP contribution in [-0.2, 0) is 4.74 Å². The molecule has 0 aliphatic carbocycles. The lowest BCUT2D eigenvalue weighted by Gasteiger charge is -2.27. The van der Waals surface area contributed by atoms with Crippen molar-refractivity contribution in [1.29, 1.82) is 0 Å². The molecule has 0 unspecified atom stereocenters. The quantitative estimate of drug-likeness (QED) is 0.786. The van der Waals surface area contributed by atoms with Gasteiger partial charge in [0.15, 0.2) is 0 Å². The molecular weight excluding hydrogens is 403 g/mol. The third kappa shape index (κ3) is 4.76. The topological polar surface area (TPSA) is 67.9 Å². The first-order chi connectivity index (χ1) is 13.5. The molecule has 1 aliphatic rings. The van der Waals surface area contributed by atoms with Crippen LogP contribution in [0.5, 0.6) is 5.75 Å². The minimum Gasteiger partial charge on any atom is -0.492 e. The third-order valence-electron chi connectivity index (χ3n) is 4.25. The third-order valence-corrected chi connectivity index (χ3v) is 4.88. The molecule has 148 valence electrons. The summed E-state index contributed by atoms with van der Waals surface area (Å²) >= 11 is 12.4. The van der Waals surface area contributed by atoms with E-state index in [1.165, 1.54) is 6.07 Å². The normalized spacial score (nSPS) is 13.9. The first-order valence-electron chi connectivity index (χ1n) is 8.90. The predicted molar refractivity (Wildman–Crippen MR) is 109 cm³/mol. The molecule has 0 aromatic heterocycles. The van der Waals surface area contributed by atoms with Crippen LogP contribution in [0, 0.1) is 0 Å². The molecule has 6 nitrogen and oxygen atoms in total. The van der Waals surface area contributed by atoms with Crippen LogP contribution in [0.25, 0.3) is 0 Å². The van der Waals surface area contributed by atoms with Crippen LogP contribution >= 0.6 is 23.2 Å². The Hall–Kier alpha value is -2.28. The molecule has 28 heavy (non-hydrogen) atoms. The minimum atomic E-state index is -0.386. The highest BCUT2D eigenvalue weighted by atomic mass is 35.5. The second-order valence-corrected chi connectivity index (χ2v) is 6.95. The zero-order valence-electron chi connectivity index (χ0n) is 15.3. The Balaban J connectivity index is 1.77. The molecule has 3 rings (SSSR count). The van der Waals surface area contributed by atoms with Gasteiger partial charge in [-0.3, -0.25) is 9.59 Å². The van der Waals surface area contributed by atoms with Gasteiger partial charge in [0.1, 0.15) is 5.75 Å². The number of amides is 2. The van der Waals surface area contributed by atoms with E-state index < -0.39 is 0 Å². The lowest BCUT2D eigenvalue weighted by atomic mass is 10.1. The maximum atomic E-state index is 12.6. The number of morpholine rings is 1. The highest BCUT2D eigenvalue weighted by Gasteiger charge is 2.20. The number of hydrogen-bond donors (Lipinski definition) is 1. The lowest BCUT2D eigenvalue weighted by molar-refractivity contribution is 0.0303. The van der Waals surface area contributed by atoms with Crippen molar-refractivity contribution in [3.63, 3.8) is 0 Å². The van der Waals surface area contributed by atoms with E-state index in [0.29, 0.717) is 65.5 Å². The molecule has 0 bridgehead atoms. The standard InChI is InChI=1S/C20H20Cl2N2O4/c1-2-28-18-6-4-13(11-16(18)22)19(25)23-17-12-14(3-5-15(17)21)20(26)24-7-9-27-10-8-24/h3-6,11-12H,2,7-10H2,1H3,(H,23,25). The van der Waals surface area contributed by atoms with Gasteiger partial charge in [-0.25, -0.2) is 0 Å². The zero-order valence-corrected chi connectivity index (χ0v) is 16.8. The Morgan fingerprint density at radius 2 is 1.79 bits per heavy atom. The van der Waals surface area contributed by atoms with Gasteiger partial charge in [-0.15, -0.1) is 0 Å². The number of carbonyl (C=O) groups excluding carboxylic acids is 2. The second kappa shape index (κ2) is 9.28. The number of hydrogen-bond acceptors (Lipinski definition) is 4. The molecule has 2 amide bonds. The van der Waals surface area contributed by atoms with Crippen molar-refractivity contribution >= 4 is 40.7 Å². The van der Waals surface area contributed by atoms with Crippen LogP contribution in [0.2, 0.25) is 10.0 Å². The van der Waals surface area contributed by atoms with E-state index in [1.807, 2.05) is 6.92 Å². The van der Waals surface area contributed by atoms with Gasteiger partial charge in [0, 0.05) is 24.2 Å². The molecule has 0 radical (unpaired) electrons. The van der Waals surface area contributed by atoms with Crippen LogP contribution < -0.4 is 10.1 Å². The summed E-state index contributed by atoms with van der Waals surface area (Å²) in [6.07, 6.45) is 0. The zero-order chi connectivity index (χ0) is 20.1. The molecule has 1 aliphatic heterocycles. The SMILES string of the molecule is CCOc1ccc(C(=O)Nc2cc(C(=O)N3CCOCC3)ccc2Cl)cc1Cl. The van der Waals surface area contributed by atoms with E-state index in [-0.39, 0.29) is 11.8 Å². The highest BCUT2D eigenvalue weighted by Crippen LogP contribution is 2.28. The van der Waals surface area contributed by atoms with Crippen molar-refractivity contribution in [3.05, 3.63) is 57.6 Å². The predicted octanol–water partition coefficient (Wildman–Crippen LogP) is 4.12. The van der Waals surface area contributed by atoms with Gasteiger partial charge >= 0.3 is 0 Å². The van der Waals surface area contributed by atoms with Gasteiger partial charge < -0.3 is 19.7 Å². The molecule has 0 saturated carbocycles. The first-order valence-corrected chi connectivity index (χ1v) is 9.65. The fraction of sp³-hybridized carbons (Fsp3) is 0.300. The molecule has 0 spiro atoms. The number of halogens is 2. The van der Waals surface area contributed by atoms with E-state index >= 15 is 0 Å². The first kappa shape index (κ1) is 20.5. The maximum Gasteiger partial charge on any atom is 0.255 e. The van der Waals surface area contributed by atoms with Crippen molar-refractivity contribution in [3.8, 4) is 5.75 Å². The average Bonchev–Trinajstić information content (AvgIpc) is 2.71. The summed E-state index contributed by atoms with van der Waals surface area (Å²) < 4.78 is 10.6. The smallest absolute Gasteiger partial charge is 0.255 e. The van der Waals surface area contributed by atoms with Gasteiger partial charge in [-0.2, -0.15) is 0 Å². The Morgan fingerprint density at radius 1 is 1.07 bits per heavy atom. The monoisotopic (exact) mass is 422 g/mol. The Kier molecular flexibility index (Phi) is 6.78. The Morgan fingerprint density at radius 3 is 2.46 bits per heavy atom. The number of rotatable bonds is 5. The van der Waals surface area contributed by atoms with E-state index in [9.17, 15) is 9.59 Å². The summed E-state index contributed by atoms with van der Waals surface area (Å²) in [5.41, 5.74) is 1.16. The summed E-state index contributed by atoms with van der Waals surface area (Å²) in [5.74, 6) is -0.000693. The van der Waals surface area contributed by atoms with Gasteiger partial charge in [-0.1, -0.05) is 23.2 Å². The van der Waals surface area contributed by atoms with E-state index in [0.717, 1.165) is 0 Å². The van der Waals surface area contributed by atoms with Gasteiger partial charge in [0.2, 0.25) is 0 Å². The van der Waals surface area contributed by atoms with E-state index in [4.69, 9.17) is 32.7 Å². The van der Waals surface area contributed by atoms with Crippen molar-refractivity contribution in [1.82, 2.24) is 4.90 Å². The molecule has 1 N–H and O–H groups in total. The van der Waals surface area contributed by atoms with E-state index in [2.05, 4.69) is 5.32 Å². The number of anilines is 1. The molecular formula is C20H20Cl2N2O4. The lowest BCUT2D eigenvalue weighted by Crippen LogP contribution is -2.40. The Labute approximate surface area is 173 Å². The van der Waals surface area contributed by atoms with Crippen molar-refractivity contribution in [2.24, 2.45) is 0 Å². The summed E-state index contributed by atoms with van der Waals surface area (Å²) in [7, 11) is 0. The molecule has 2 aromatic rings. The van der Waals surface area contributed by atoms with E-state index in [1.54, 1.807) is 35.2 Å². The van der Waals surface area contributed by atoms with Crippen LogP contribution in [-0.4, -0.2) is 49.6 Å². The molecule has 8 heteroatoms. The fourth-order valence-electron chi connectivity index (χ4n) is 2.81. The molecule has 1 heterocycles. The summed E-state index contributed by atoms with van der Waals surface area (Å²) in [6, 6.07) is 9.59. The van der Waals surface area contributed by atoms with Crippen molar-refractivity contribution < 1.29 is 19.1 Å². The second-order valence-electron chi connectivity index (χ2n) is 6.13. The molecule has 2 aromatic carbocycles. The number of carbonyl (C=O) groups is 2. The van der Waals surface area contributed by atoms with Gasteiger partial charge in [0.05, 0.1) is 35.6 Å². The summed E-state index contributed by atoms with van der Waals surface area (Å²) in [6.45, 7) is 4.43. The number of nitrogens with one attached hydrogen (secondary N) is 1. The summed E-state index contributed by atoms with van der Waals surface area (Å²) in [5, 5.41) is 3.42. The number of nitrogens with zero attached hydrogens (tertiary/aromatic N) is 1. The molecule has 0 atom stereocenters. The summed E-state index contributed by atoms with van der Waals surface area (Å²) in [4.78, 5) is 26.9. The Bertz CT molecular complexity index is 883. The number of benzene rings is 2. The number of ether oxygens (including phenoxy) is 2. The molecule has 1 fully saturated rings. The van der Waals surface area contributed by atoms with Crippen molar-refractivity contribution in [2.45, 2.75) is 6.92 Å². The van der Waals surface area contributed by atoms with Crippen LogP contribution in [0.1, 0.15) is 27.6 Å². The van der Waals surface area contributed by atoms with Crippen LogP contribution in [0.15, 0.2) is 36.4 Å². The average molecular weight is 423 g/mol. The largest absolute Gasteiger partial charge is 0.492 e.